The van der Waals surface area contributed by atoms with Gasteiger partial charge < -0.3 is 5.11 Å². The number of nitrogens with one attached hydrogen (secondary N) is 2. The number of aromatic amines is 1. The summed E-state index contributed by atoms with van der Waals surface area (Å²) in [6.07, 6.45) is 2.99. The van der Waals surface area contributed by atoms with Gasteiger partial charge in [0.2, 0.25) is 0 Å². The molecule has 0 saturated carbocycles. The van der Waals surface area contributed by atoms with Crippen molar-refractivity contribution < 1.29 is 18.3 Å². The van der Waals surface area contributed by atoms with E-state index in [-0.39, 0.29) is 11.4 Å². The van der Waals surface area contributed by atoms with Gasteiger partial charge in [0.15, 0.2) is 5.03 Å². The summed E-state index contributed by atoms with van der Waals surface area (Å²) in [6.45, 7) is 1.91. The van der Waals surface area contributed by atoms with E-state index in [0.717, 1.165) is 6.42 Å². The lowest BCUT2D eigenvalue weighted by Crippen LogP contribution is -2.40. The molecule has 0 spiro atoms. The number of hydrogen-bond acceptors (Lipinski definition) is 4. The number of rotatable bonds is 7. The molecule has 0 amide bonds. The van der Waals surface area contributed by atoms with Crippen LogP contribution in [0.5, 0.6) is 0 Å². The van der Waals surface area contributed by atoms with Gasteiger partial charge in [0.25, 0.3) is 10.0 Å². The number of aliphatic carboxylic acids is 1. The molecule has 1 rings (SSSR count). The van der Waals surface area contributed by atoms with Crippen molar-refractivity contribution >= 4 is 16.0 Å². The molecular weight excluding hydrogens is 246 g/mol. The van der Waals surface area contributed by atoms with E-state index in [1.165, 1.54) is 12.3 Å². The van der Waals surface area contributed by atoms with Gasteiger partial charge >= 0.3 is 5.97 Å². The molecule has 1 unspecified atom stereocenters. The molecule has 7 nitrogen and oxygen atoms in total. The van der Waals surface area contributed by atoms with Gasteiger partial charge in [-0.2, -0.15) is 9.82 Å². The lowest BCUT2D eigenvalue weighted by molar-refractivity contribution is -0.139. The van der Waals surface area contributed by atoms with Crippen LogP contribution in [0.4, 0.5) is 0 Å². The van der Waals surface area contributed by atoms with Crippen LogP contribution >= 0.6 is 0 Å². The summed E-state index contributed by atoms with van der Waals surface area (Å²) in [6, 6.07) is 0.157. The van der Waals surface area contributed by atoms with Crippen LogP contribution in [0, 0.1) is 0 Å². The van der Waals surface area contributed by atoms with E-state index in [0.29, 0.717) is 6.42 Å². The lowest BCUT2D eigenvalue weighted by atomic mass is 10.1. The normalized spacial score (nSPS) is 13.5. The standard InChI is InChI=1S/C9H15N3O4S/c1-2-3-4-7(9(13)14)12-17(15,16)8-5-6-10-11-8/h5-7,12H,2-4H2,1H3,(H,10,11)(H,13,14). The van der Waals surface area contributed by atoms with Gasteiger partial charge in [0, 0.05) is 0 Å². The van der Waals surface area contributed by atoms with E-state index in [9.17, 15) is 13.2 Å². The zero-order valence-corrected chi connectivity index (χ0v) is 10.2. The molecule has 96 valence electrons. The Morgan fingerprint density at radius 2 is 2.35 bits per heavy atom. The smallest absolute Gasteiger partial charge is 0.321 e. The highest BCUT2D eigenvalue weighted by molar-refractivity contribution is 7.89. The maximum Gasteiger partial charge on any atom is 0.321 e. The van der Waals surface area contributed by atoms with Crippen molar-refractivity contribution in [2.24, 2.45) is 0 Å². The van der Waals surface area contributed by atoms with Gasteiger partial charge in [-0.15, -0.1) is 0 Å². The van der Waals surface area contributed by atoms with Crippen LogP contribution in [0.2, 0.25) is 0 Å². The summed E-state index contributed by atoms with van der Waals surface area (Å²) in [4.78, 5) is 10.9. The van der Waals surface area contributed by atoms with Crippen molar-refractivity contribution in [3.63, 3.8) is 0 Å². The Kier molecular flexibility index (Phi) is 4.64. The second-order valence-corrected chi connectivity index (χ2v) is 5.26. The fraction of sp³-hybridized carbons (Fsp3) is 0.556. The Bertz CT molecular complexity index is 455. The Balaban J connectivity index is 2.76. The third kappa shape index (κ3) is 3.82. The summed E-state index contributed by atoms with van der Waals surface area (Å²) in [7, 11) is -3.84. The SMILES string of the molecule is CCCCC(NS(=O)(=O)c1ccn[nH]1)C(=O)O. The lowest BCUT2D eigenvalue weighted by Gasteiger charge is -2.13. The number of unbranched alkanes of at least 4 members (excludes halogenated alkanes) is 1. The number of carbonyl (C=O) groups is 1. The van der Waals surface area contributed by atoms with Crippen LogP contribution in [-0.4, -0.2) is 35.7 Å². The molecule has 0 aliphatic carbocycles. The maximum absolute atomic E-state index is 11.7. The van der Waals surface area contributed by atoms with Gasteiger partial charge in [0.05, 0.1) is 6.20 Å². The molecule has 17 heavy (non-hydrogen) atoms. The number of aromatic nitrogens is 2. The van der Waals surface area contributed by atoms with Crippen molar-refractivity contribution in [1.29, 1.82) is 0 Å². The van der Waals surface area contributed by atoms with Crippen LogP contribution in [0.25, 0.3) is 0 Å². The highest BCUT2D eigenvalue weighted by Gasteiger charge is 2.25. The fourth-order valence-electron chi connectivity index (χ4n) is 1.28. The van der Waals surface area contributed by atoms with E-state index in [2.05, 4.69) is 14.9 Å². The number of nitrogens with zero attached hydrogens (tertiary/aromatic N) is 1. The minimum absolute atomic E-state index is 0.139. The van der Waals surface area contributed by atoms with E-state index >= 15 is 0 Å². The van der Waals surface area contributed by atoms with E-state index < -0.39 is 22.0 Å². The first-order valence-corrected chi connectivity index (χ1v) is 6.70. The second-order valence-electron chi connectivity index (χ2n) is 3.58. The van der Waals surface area contributed by atoms with Crippen molar-refractivity contribution in [2.75, 3.05) is 0 Å². The topological polar surface area (TPSA) is 112 Å². The Morgan fingerprint density at radius 3 is 2.82 bits per heavy atom. The molecule has 0 radical (unpaired) electrons. The highest BCUT2D eigenvalue weighted by Crippen LogP contribution is 2.07. The summed E-state index contributed by atoms with van der Waals surface area (Å²) in [5.74, 6) is -1.18. The molecule has 0 fully saturated rings. The predicted octanol–water partition coefficient (Wildman–Crippen LogP) is 0.331. The van der Waals surface area contributed by atoms with E-state index in [1.54, 1.807) is 0 Å². The first-order valence-electron chi connectivity index (χ1n) is 5.22. The number of carboxylic acid groups (broad SMARTS) is 1. The number of H-pyrrole nitrogens is 1. The van der Waals surface area contributed by atoms with Crippen molar-refractivity contribution in [3.05, 3.63) is 12.3 Å². The average molecular weight is 261 g/mol. The quantitative estimate of drug-likeness (QED) is 0.654. The molecule has 1 heterocycles. The van der Waals surface area contributed by atoms with Gasteiger partial charge in [-0.3, -0.25) is 9.89 Å². The molecule has 0 bridgehead atoms. The molecule has 0 aliphatic rings. The zero-order chi connectivity index (χ0) is 12.9. The molecule has 1 aromatic rings. The van der Waals surface area contributed by atoms with E-state index in [4.69, 9.17) is 5.11 Å². The first kappa shape index (κ1) is 13.7. The average Bonchev–Trinajstić information content (AvgIpc) is 2.77. The van der Waals surface area contributed by atoms with Crippen LogP contribution in [0.3, 0.4) is 0 Å². The van der Waals surface area contributed by atoms with Gasteiger partial charge in [-0.25, -0.2) is 8.42 Å². The number of sulfonamides is 1. The Hall–Kier alpha value is -1.41. The number of carboxylic acids is 1. The molecular formula is C9H15N3O4S. The molecule has 3 N–H and O–H groups in total. The molecule has 1 aromatic heterocycles. The van der Waals surface area contributed by atoms with E-state index in [1.807, 2.05) is 6.92 Å². The summed E-state index contributed by atoms with van der Waals surface area (Å²) in [5, 5.41) is 14.6. The minimum Gasteiger partial charge on any atom is -0.480 e. The minimum atomic E-state index is -3.84. The summed E-state index contributed by atoms with van der Waals surface area (Å²) in [5.41, 5.74) is 0. The third-order valence-electron chi connectivity index (χ3n) is 2.21. The number of hydrogen-bond donors (Lipinski definition) is 3. The van der Waals surface area contributed by atoms with Crippen molar-refractivity contribution in [2.45, 2.75) is 37.3 Å². The van der Waals surface area contributed by atoms with Gasteiger partial charge in [-0.05, 0) is 12.5 Å². The molecule has 1 atom stereocenters. The van der Waals surface area contributed by atoms with Crippen molar-refractivity contribution in [1.82, 2.24) is 14.9 Å². The van der Waals surface area contributed by atoms with Gasteiger partial charge in [0.1, 0.15) is 6.04 Å². The highest BCUT2D eigenvalue weighted by atomic mass is 32.2. The van der Waals surface area contributed by atoms with Crippen LogP contribution in [0.1, 0.15) is 26.2 Å². The monoisotopic (exact) mass is 261 g/mol. The zero-order valence-electron chi connectivity index (χ0n) is 9.38. The summed E-state index contributed by atoms with van der Waals surface area (Å²) < 4.78 is 25.6. The molecule has 0 aliphatic heterocycles. The van der Waals surface area contributed by atoms with Crippen LogP contribution < -0.4 is 4.72 Å². The molecule has 8 heteroatoms. The molecule has 0 saturated heterocycles. The largest absolute Gasteiger partial charge is 0.480 e. The predicted molar refractivity (Wildman–Crippen MR) is 59.9 cm³/mol. The second kappa shape index (κ2) is 5.78. The third-order valence-corrected chi connectivity index (χ3v) is 3.61. The Morgan fingerprint density at radius 1 is 1.65 bits per heavy atom. The van der Waals surface area contributed by atoms with Gasteiger partial charge in [-0.1, -0.05) is 19.8 Å². The summed E-state index contributed by atoms with van der Waals surface area (Å²) >= 11 is 0. The maximum atomic E-state index is 11.7. The van der Waals surface area contributed by atoms with Crippen molar-refractivity contribution in [3.8, 4) is 0 Å². The van der Waals surface area contributed by atoms with Crippen LogP contribution in [0.15, 0.2) is 17.3 Å². The van der Waals surface area contributed by atoms with Crippen LogP contribution in [-0.2, 0) is 14.8 Å². The fourth-order valence-corrected chi connectivity index (χ4v) is 2.42. The first-order chi connectivity index (χ1) is 7.97. The Labute approximate surface area is 99.3 Å². The molecule has 0 aromatic carbocycles.